The van der Waals surface area contributed by atoms with E-state index in [9.17, 15) is 9.18 Å². The van der Waals surface area contributed by atoms with Crippen LogP contribution in [0.15, 0.2) is 18.2 Å². The maximum Gasteiger partial charge on any atom is 0.248 e. The van der Waals surface area contributed by atoms with Gasteiger partial charge in [0.2, 0.25) is 5.91 Å². The Labute approximate surface area is 99.6 Å². The highest BCUT2D eigenvalue weighted by atomic mass is 19.1. The van der Waals surface area contributed by atoms with Crippen LogP contribution in [0.25, 0.3) is 0 Å². The van der Waals surface area contributed by atoms with E-state index in [1.165, 1.54) is 6.07 Å². The largest absolute Gasteiger partial charge is 0.396 e. The third kappa shape index (κ3) is 4.50. The van der Waals surface area contributed by atoms with Gasteiger partial charge in [-0.25, -0.2) is 4.39 Å². The number of nitrogens with one attached hydrogen (secondary N) is 1. The number of carbonyl (C=O) groups excluding carboxylic acids is 1. The van der Waals surface area contributed by atoms with Crippen molar-refractivity contribution in [3.05, 3.63) is 35.1 Å². The average Bonchev–Trinajstić information content (AvgIpc) is 2.30. The molecular formula is C12H17FN2O2. The molecule has 0 fully saturated rings. The first kappa shape index (κ1) is 13.6. The lowest BCUT2D eigenvalue weighted by Gasteiger charge is -2.06. The summed E-state index contributed by atoms with van der Waals surface area (Å²) in [5.41, 5.74) is 5.71. The van der Waals surface area contributed by atoms with E-state index in [0.29, 0.717) is 12.1 Å². The number of unbranched alkanes of at least 4 members (excludes halogenated alkanes) is 1. The van der Waals surface area contributed by atoms with Gasteiger partial charge >= 0.3 is 0 Å². The molecule has 4 N–H and O–H groups in total. The molecule has 0 saturated carbocycles. The standard InChI is InChI=1S/C12H17FN2O2/c13-11-7-9(12(14)17)3-4-10(11)8-15-5-1-2-6-16/h3-4,7,15-16H,1-2,5-6,8H2,(H2,14,17). The number of aliphatic hydroxyl groups excluding tert-OH is 1. The van der Waals surface area contributed by atoms with Crippen LogP contribution in [0.5, 0.6) is 0 Å². The van der Waals surface area contributed by atoms with E-state index in [2.05, 4.69) is 5.32 Å². The minimum absolute atomic E-state index is 0.170. The van der Waals surface area contributed by atoms with Crippen molar-refractivity contribution in [2.24, 2.45) is 5.73 Å². The lowest BCUT2D eigenvalue weighted by atomic mass is 10.1. The van der Waals surface area contributed by atoms with Crippen molar-refractivity contribution >= 4 is 5.91 Å². The molecular weight excluding hydrogens is 223 g/mol. The highest BCUT2D eigenvalue weighted by Gasteiger charge is 2.06. The van der Waals surface area contributed by atoms with Gasteiger partial charge in [-0.1, -0.05) is 6.07 Å². The Morgan fingerprint density at radius 3 is 2.76 bits per heavy atom. The lowest BCUT2D eigenvalue weighted by Crippen LogP contribution is -2.17. The number of rotatable bonds is 7. The molecule has 94 valence electrons. The van der Waals surface area contributed by atoms with Crippen LogP contribution < -0.4 is 11.1 Å². The Bertz CT molecular complexity index is 383. The van der Waals surface area contributed by atoms with E-state index >= 15 is 0 Å². The van der Waals surface area contributed by atoms with Crippen LogP contribution in [0.2, 0.25) is 0 Å². The van der Waals surface area contributed by atoms with Gasteiger partial charge in [0.05, 0.1) is 0 Å². The second-order valence-electron chi connectivity index (χ2n) is 3.78. The number of aliphatic hydroxyl groups is 1. The first-order valence-corrected chi connectivity index (χ1v) is 5.55. The van der Waals surface area contributed by atoms with Crippen molar-refractivity contribution in [2.75, 3.05) is 13.2 Å². The molecule has 17 heavy (non-hydrogen) atoms. The molecule has 1 amide bonds. The molecule has 1 rings (SSSR count). The Morgan fingerprint density at radius 2 is 2.18 bits per heavy atom. The van der Waals surface area contributed by atoms with E-state index in [0.717, 1.165) is 25.5 Å². The summed E-state index contributed by atoms with van der Waals surface area (Å²) in [6, 6.07) is 4.21. The molecule has 1 aromatic rings. The number of primary amides is 1. The van der Waals surface area contributed by atoms with Crippen LogP contribution in [0, 0.1) is 5.82 Å². The fraction of sp³-hybridized carbons (Fsp3) is 0.417. The molecule has 0 aliphatic rings. The van der Waals surface area contributed by atoms with Crippen molar-refractivity contribution < 1.29 is 14.3 Å². The molecule has 0 heterocycles. The zero-order valence-electron chi connectivity index (χ0n) is 9.58. The van der Waals surface area contributed by atoms with Gasteiger partial charge in [-0.3, -0.25) is 4.79 Å². The Hall–Kier alpha value is -1.46. The molecule has 5 heteroatoms. The highest BCUT2D eigenvalue weighted by molar-refractivity contribution is 5.92. The fourth-order valence-electron chi connectivity index (χ4n) is 1.43. The molecule has 0 aliphatic carbocycles. The van der Waals surface area contributed by atoms with Crippen molar-refractivity contribution in [2.45, 2.75) is 19.4 Å². The number of benzene rings is 1. The normalized spacial score (nSPS) is 10.5. The van der Waals surface area contributed by atoms with E-state index in [4.69, 9.17) is 10.8 Å². The maximum absolute atomic E-state index is 13.5. The van der Waals surface area contributed by atoms with E-state index in [1.807, 2.05) is 0 Å². The Balaban J connectivity index is 2.46. The van der Waals surface area contributed by atoms with Gasteiger partial charge in [0, 0.05) is 24.3 Å². The number of amides is 1. The van der Waals surface area contributed by atoms with Crippen LogP contribution in [-0.4, -0.2) is 24.2 Å². The monoisotopic (exact) mass is 240 g/mol. The van der Waals surface area contributed by atoms with Gasteiger partial charge in [0.25, 0.3) is 0 Å². The Kier molecular flexibility index (Phi) is 5.59. The molecule has 1 aromatic carbocycles. The minimum Gasteiger partial charge on any atom is -0.396 e. The van der Waals surface area contributed by atoms with Crippen LogP contribution in [-0.2, 0) is 6.54 Å². The first-order valence-electron chi connectivity index (χ1n) is 5.55. The summed E-state index contributed by atoms with van der Waals surface area (Å²) in [4.78, 5) is 10.8. The summed E-state index contributed by atoms with van der Waals surface area (Å²) in [5.74, 6) is -1.07. The molecule has 0 radical (unpaired) electrons. The third-order valence-electron chi connectivity index (χ3n) is 2.41. The van der Waals surface area contributed by atoms with E-state index in [-0.39, 0.29) is 12.2 Å². The second-order valence-corrected chi connectivity index (χ2v) is 3.78. The van der Waals surface area contributed by atoms with Gasteiger partial charge in [-0.2, -0.15) is 0 Å². The summed E-state index contributed by atoms with van der Waals surface area (Å²) in [6.07, 6.45) is 1.58. The molecule has 0 unspecified atom stereocenters. The minimum atomic E-state index is -0.633. The smallest absolute Gasteiger partial charge is 0.248 e. The SMILES string of the molecule is NC(=O)c1ccc(CNCCCCO)c(F)c1. The van der Waals surface area contributed by atoms with E-state index < -0.39 is 11.7 Å². The maximum atomic E-state index is 13.5. The summed E-state index contributed by atoms with van der Waals surface area (Å²) in [7, 11) is 0. The van der Waals surface area contributed by atoms with Crippen molar-refractivity contribution in [1.29, 1.82) is 0 Å². The van der Waals surface area contributed by atoms with Crippen LogP contribution in [0.3, 0.4) is 0 Å². The molecule has 0 spiro atoms. The second kappa shape index (κ2) is 6.98. The summed E-state index contributed by atoms with van der Waals surface area (Å²) in [5, 5.41) is 11.6. The summed E-state index contributed by atoms with van der Waals surface area (Å²) < 4.78 is 13.5. The first-order chi connectivity index (χ1) is 8.15. The van der Waals surface area contributed by atoms with Gasteiger partial charge in [-0.05, 0) is 31.5 Å². The topological polar surface area (TPSA) is 75.4 Å². The van der Waals surface area contributed by atoms with Crippen molar-refractivity contribution in [3.8, 4) is 0 Å². The molecule has 0 aromatic heterocycles. The van der Waals surface area contributed by atoms with Crippen LogP contribution >= 0.6 is 0 Å². The zero-order valence-corrected chi connectivity index (χ0v) is 9.58. The predicted molar refractivity (Wildman–Crippen MR) is 62.9 cm³/mol. The number of hydrogen-bond acceptors (Lipinski definition) is 3. The van der Waals surface area contributed by atoms with Gasteiger partial charge in [0.15, 0.2) is 0 Å². The van der Waals surface area contributed by atoms with Crippen LogP contribution in [0.4, 0.5) is 4.39 Å². The number of hydrogen-bond donors (Lipinski definition) is 3. The number of halogens is 1. The van der Waals surface area contributed by atoms with E-state index in [1.54, 1.807) is 6.07 Å². The molecule has 0 aliphatic heterocycles. The predicted octanol–water partition coefficient (Wildman–Crippen LogP) is 0.787. The van der Waals surface area contributed by atoms with Gasteiger partial charge < -0.3 is 16.2 Å². The van der Waals surface area contributed by atoms with Crippen molar-refractivity contribution in [3.63, 3.8) is 0 Å². The fourth-order valence-corrected chi connectivity index (χ4v) is 1.43. The lowest BCUT2D eigenvalue weighted by molar-refractivity contribution is 0.1000. The third-order valence-corrected chi connectivity index (χ3v) is 2.41. The number of carbonyl (C=O) groups is 1. The quantitative estimate of drug-likeness (QED) is 0.617. The Morgan fingerprint density at radius 1 is 1.41 bits per heavy atom. The van der Waals surface area contributed by atoms with Crippen LogP contribution in [0.1, 0.15) is 28.8 Å². The molecule has 0 bridgehead atoms. The average molecular weight is 240 g/mol. The van der Waals surface area contributed by atoms with Gasteiger partial charge in [0.1, 0.15) is 5.82 Å². The zero-order chi connectivity index (χ0) is 12.7. The summed E-state index contributed by atoms with van der Waals surface area (Å²) >= 11 is 0. The highest BCUT2D eigenvalue weighted by Crippen LogP contribution is 2.10. The molecule has 4 nitrogen and oxygen atoms in total. The molecule has 0 saturated heterocycles. The summed E-state index contributed by atoms with van der Waals surface area (Å²) in [6.45, 7) is 1.29. The molecule has 0 atom stereocenters. The number of nitrogens with two attached hydrogens (primary N) is 1. The van der Waals surface area contributed by atoms with Gasteiger partial charge in [-0.15, -0.1) is 0 Å². The van der Waals surface area contributed by atoms with Crippen molar-refractivity contribution in [1.82, 2.24) is 5.32 Å².